The Hall–Kier alpha value is -2.14. The number of para-hydroxylation sites is 1. The zero-order chi connectivity index (χ0) is 14.7. The highest BCUT2D eigenvalue weighted by molar-refractivity contribution is 9.10. The number of ether oxygens (including phenoxy) is 1. The van der Waals surface area contributed by atoms with Gasteiger partial charge in [-0.2, -0.15) is 0 Å². The summed E-state index contributed by atoms with van der Waals surface area (Å²) >= 11 is 3.35. The number of hydrogen-bond donors (Lipinski definition) is 1. The van der Waals surface area contributed by atoms with E-state index in [2.05, 4.69) is 26.2 Å². The summed E-state index contributed by atoms with van der Waals surface area (Å²) in [5, 5.41) is 2.91. The number of anilines is 1. The number of hydrogen-bond acceptors (Lipinski definition) is 3. The number of benzene rings is 2. The summed E-state index contributed by atoms with van der Waals surface area (Å²) < 4.78 is 6.41. The lowest BCUT2D eigenvalue weighted by Gasteiger charge is -2.11. The standard InChI is InChI=1S/C16H13BrN2O2/c17-12-7-5-11(6-8-12)15(20)19-14-4-2-1-3-13(14)16-18-9-10-21-16/h1-8H,9-10H2,(H,19,20). The van der Waals surface area contributed by atoms with Crippen molar-refractivity contribution in [3.05, 3.63) is 64.1 Å². The largest absolute Gasteiger partial charge is 0.475 e. The molecule has 1 amide bonds. The smallest absolute Gasteiger partial charge is 0.255 e. The van der Waals surface area contributed by atoms with Crippen LogP contribution in [0, 0.1) is 0 Å². The Balaban J connectivity index is 1.84. The summed E-state index contributed by atoms with van der Waals surface area (Å²) in [6, 6.07) is 14.7. The van der Waals surface area contributed by atoms with Crippen molar-refractivity contribution in [2.24, 2.45) is 4.99 Å². The molecule has 1 aliphatic heterocycles. The van der Waals surface area contributed by atoms with Gasteiger partial charge in [0, 0.05) is 10.0 Å². The van der Waals surface area contributed by atoms with Crippen LogP contribution in [0.3, 0.4) is 0 Å². The summed E-state index contributed by atoms with van der Waals surface area (Å²) in [6.07, 6.45) is 0. The first kappa shape index (κ1) is 13.8. The molecule has 1 heterocycles. The fourth-order valence-electron chi connectivity index (χ4n) is 2.07. The van der Waals surface area contributed by atoms with Gasteiger partial charge >= 0.3 is 0 Å². The maximum Gasteiger partial charge on any atom is 0.255 e. The molecule has 0 radical (unpaired) electrons. The number of halogens is 1. The molecule has 0 unspecified atom stereocenters. The molecule has 106 valence electrons. The summed E-state index contributed by atoms with van der Waals surface area (Å²) in [5.41, 5.74) is 2.11. The second-order valence-electron chi connectivity index (χ2n) is 4.54. The van der Waals surface area contributed by atoms with Crippen LogP contribution in [0.1, 0.15) is 15.9 Å². The maximum absolute atomic E-state index is 12.3. The molecule has 1 aliphatic rings. The molecule has 0 fully saturated rings. The fraction of sp³-hybridized carbons (Fsp3) is 0.125. The molecule has 4 nitrogen and oxygen atoms in total. The molecule has 0 bridgehead atoms. The van der Waals surface area contributed by atoms with Crippen molar-refractivity contribution in [1.82, 2.24) is 0 Å². The third kappa shape index (κ3) is 3.13. The number of nitrogens with one attached hydrogen (secondary N) is 1. The molecule has 2 aromatic rings. The van der Waals surface area contributed by atoms with Gasteiger partial charge in [0.2, 0.25) is 5.90 Å². The first-order chi connectivity index (χ1) is 10.2. The Labute approximate surface area is 131 Å². The maximum atomic E-state index is 12.3. The minimum Gasteiger partial charge on any atom is -0.475 e. The average Bonchev–Trinajstić information content (AvgIpc) is 3.02. The van der Waals surface area contributed by atoms with Gasteiger partial charge in [-0.3, -0.25) is 4.79 Å². The topological polar surface area (TPSA) is 50.7 Å². The molecule has 0 saturated heterocycles. The molecule has 2 aromatic carbocycles. The van der Waals surface area contributed by atoms with Crippen molar-refractivity contribution in [2.45, 2.75) is 0 Å². The van der Waals surface area contributed by atoms with Crippen LogP contribution >= 0.6 is 15.9 Å². The van der Waals surface area contributed by atoms with Gasteiger partial charge in [0.1, 0.15) is 6.61 Å². The van der Waals surface area contributed by atoms with Crippen molar-refractivity contribution >= 4 is 33.4 Å². The van der Waals surface area contributed by atoms with Crippen LogP contribution in [-0.2, 0) is 4.74 Å². The minimum absolute atomic E-state index is 0.159. The number of rotatable bonds is 3. The monoisotopic (exact) mass is 344 g/mol. The van der Waals surface area contributed by atoms with Crippen LogP contribution in [0.15, 0.2) is 58.0 Å². The lowest BCUT2D eigenvalue weighted by atomic mass is 10.1. The van der Waals surface area contributed by atoms with Crippen LogP contribution < -0.4 is 5.32 Å². The Morgan fingerprint density at radius 1 is 1.14 bits per heavy atom. The van der Waals surface area contributed by atoms with E-state index < -0.39 is 0 Å². The molecule has 21 heavy (non-hydrogen) atoms. The highest BCUT2D eigenvalue weighted by Crippen LogP contribution is 2.20. The number of nitrogens with zero attached hydrogens (tertiary/aromatic N) is 1. The Kier molecular flexibility index (Phi) is 4.01. The molecule has 0 saturated carbocycles. The van der Waals surface area contributed by atoms with E-state index in [-0.39, 0.29) is 5.91 Å². The molecule has 0 aromatic heterocycles. The van der Waals surface area contributed by atoms with Crippen LogP contribution in [0.2, 0.25) is 0 Å². The predicted molar refractivity (Wildman–Crippen MR) is 85.9 cm³/mol. The number of carbonyl (C=O) groups is 1. The zero-order valence-electron chi connectivity index (χ0n) is 11.2. The summed E-state index contributed by atoms with van der Waals surface area (Å²) in [7, 11) is 0. The predicted octanol–water partition coefficient (Wildman–Crippen LogP) is 3.48. The lowest BCUT2D eigenvalue weighted by Crippen LogP contribution is -2.15. The molecule has 3 rings (SSSR count). The first-order valence-electron chi connectivity index (χ1n) is 6.57. The lowest BCUT2D eigenvalue weighted by molar-refractivity contribution is 0.102. The summed E-state index contributed by atoms with van der Waals surface area (Å²) in [5.74, 6) is 0.426. The van der Waals surface area contributed by atoms with Crippen LogP contribution in [0.5, 0.6) is 0 Å². The van der Waals surface area contributed by atoms with Crippen LogP contribution in [0.25, 0.3) is 0 Å². The first-order valence-corrected chi connectivity index (χ1v) is 7.37. The highest BCUT2D eigenvalue weighted by Gasteiger charge is 2.16. The van der Waals surface area contributed by atoms with E-state index in [4.69, 9.17) is 4.74 Å². The van der Waals surface area contributed by atoms with Gasteiger partial charge in [0.15, 0.2) is 0 Å². The van der Waals surface area contributed by atoms with Gasteiger partial charge in [0.25, 0.3) is 5.91 Å². The van der Waals surface area contributed by atoms with Crippen LogP contribution in [0.4, 0.5) is 5.69 Å². The molecule has 1 N–H and O–H groups in total. The number of aliphatic imine (C=N–C) groups is 1. The minimum atomic E-state index is -0.159. The highest BCUT2D eigenvalue weighted by atomic mass is 79.9. The van der Waals surface area contributed by atoms with Crippen LogP contribution in [-0.4, -0.2) is 25.0 Å². The van der Waals surface area contributed by atoms with Crippen molar-refractivity contribution in [2.75, 3.05) is 18.5 Å². The van der Waals surface area contributed by atoms with Gasteiger partial charge in [-0.1, -0.05) is 28.1 Å². The van der Waals surface area contributed by atoms with E-state index in [0.717, 1.165) is 10.0 Å². The van der Waals surface area contributed by atoms with E-state index in [1.54, 1.807) is 12.1 Å². The third-order valence-electron chi connectivity index (χ3n) is 3.10. The Morgan fingerprint density at radius 2 is 1.90 bits per heavy atom. The zero-order valence-corrected chi connectivity index (χ0v) is 12.8. The molecule has 0 aliphatic carbocycles. The van der Waals surface area contributed by atoms with Crippen molar-refractivity contribution in [3.63, 3.8) is 0 Å². The van der Waals surface area contributed by atoms with E-state index in [1.807, 2.05) is 36.4 Å². The van der Waals surface area contributed by atoms with Gasteiger partial charge in [-0.25, -0.2) is 4.99 Å². The molecule has 0 spiro atoms. The van der Waals surface area contributed by atoms with E-state index in [0.29, 0.717) is 30.3 Å². The second-order valence-corrected chi connectivity index (χ2v) is 5.46. The fourth-order valence-corrected chi connectivity index (χ4v) is 2.34. The quantitative estimate of drug-likeness (QED) is 0.926. The van der Waals surface area contributed by atoms with Crippen molar-refractivity contribution in [3.8, 4) is 0 Å². The van der Waals surface area contributed by atoms with Crippen molar-refractivity contribution < 1.29 is 9.53 Å². The van der Waals surface area contributed by atoms with E-state index in [9.17, 15) is 4.79 Å². The molecule has 0 atom stereocenters. The second kappa shape index (κ2) is 6.10. The molecule has 5 heteroatoms. The third-order valence-corrected chi connectivity index (χ3v) is 3.63. The van der Waals surface area contributed by atoms with E-state index in [1.165, 1.54) is 0 Å². The summed E-state index contributed by atoms with van der Waals surface area (Å²) in [4.78, 5) is 16.6. The van der Waals surface area contributed by atoms with Gasteiger partial charge in [0.05, 0.1) is 17.8 Å². The van der Waals surface area contributed by atoms with Gasteiger partial charge < -0.3 is 10.1 Å². The van der Waals surface area contributed by atoms with Gasteiger partial charge in [-0.05, 0) is 36.4 Å². The normalized spacial score (nSPS) is 13.5. The Morgan fingerprint density at radius 3 is 2.62 bits per heavy atom. The number of carbonyl (C=O) groups excluding carboxylic acids is 1. The molecular formula is C16H13BrN2O2. The SMILES string of the molecule is O=C(Nc1ccccc1C1=NCCO1)c1ccc(Br)cc1. The Bertz CT molecular complexity index is 696. The van der Waals surface area contributed by atoms with E-state index >= 15 is 0 Å². The molecular weight excluding hydrogens is 332 g/mol. The van der Waals surface area contributed by atoms with Crippen molar-refractivity contribution in [1.29, 1.82) is 0 Å². The number of amides is 1. The average molecular weight is 345 g/mol. The summed E-state index contributed by atoms with van der Waals surface area (Å²) in [6.45, 7) is 1.24. The van der Waals surface area contributed by atoms with Gasteiger partial charge in [-0.15, -0.1) is 0 Å².